The molecule has 0 saturated carbocycles. The van der Waals surface area contributed by atoms with Gasteiger partial charge in [-0.25, -0.2) is 0 Å². The highest BCUT2D eigenvalue weighted by Gasteiger charge is 2.14. The Hall–Kier alpha value is -2.66. The Labute approximate surface area is 154 Å². The maximum atomic E-state index is 6.16. The van der Waals surface area contributed by atoms with Crippen LogP contribution in [-0.4, -0.2) is 22.8 Å². The third-order valence-electron chi connectivity index (χ3n) is 4.14. The average Bonchev–Trinajstić information content (AvgIpc) is 3.14. The summed E-state index contributed by atoms with van der Waals surface area (Å²) in [5.41, 5.74) is 10.2. The van der Waals surface area contributed by atoms with Crippen LogP contribution in [0.2, 0.25) is 0 Å². The topological polar surface area (TPSA) is 74.2 Å². The Morgan fingerprint density at radius 2 is 1.88 bits per heavy atom. The zero-order chi connectivity index (χ0) is 18.5. The Balaban J connectivity index is 1.90. The first-order chi connectivity index (χ1) is 12.5. The van der Waals surface area contributed by atoms with Crippen molar-refractivity contribution in [1.29, 1.82) is 0 Å². The Morgan fingerprint density at radius 1 is 1.08 bits per heavy atom. The fraction of sp³-hybridized carbons (Fsp3) is 0.333. The number of pyridine rings is 1. The minimum Gasteiger partial charge on any atom is -0.491 e. The second-order valence-electron chi connectivity index (χ2n) is 6.97. The van der Waals surface area contributed by atoms with Crippen LogP contribution in [-0.2, 0) is 0 Å². The molecule has 0 bridgehead atoms. The fourth-order valence-corrected chi connectivity index (χ4v) is 2.98. The van der Waals surface area contributed by atoms with E-state index in [1.165, 1.54) is 0 Å². The minimum absolute atomic E-state index is 0.0000925. The smallest absolute Gasteiger partial charge is 0.170 e. The average molecular weight is 351 g/mol. The van der Waals surface area contributed by atoms with Gasteiger partial charge in [0.15, 0.2) is 5.76 Å². The van der Waals surface area contributed by atoms with E-state index in [1.807, 2.05) is 37.4 Å². The molecule has 136 valence electrons. The minimum atomic E-state index is 0.0000925. The van der Waals surface area contributed by atoms with Crippen LogP contribution >= 0.6 is 0 Å². The van der Waals surface area contributed by atoms with Gasteiger partial charge in [0, 0.05) is 24.0 Å². The van der Waals surface area contributed by atoms with Crippen molar-refractivity contribution < 1.29 is 9.26 Å². The standard InChI is InChI=1S/C21H25N3O2/c1-14(2)10-18(22)13-25-20-5-4-16(17-6-8-23-15(3)11-17)12-19(20)21-7-9-24-26-21/h4-9,11-12,14,18H,10,13,22H2,1-3H3/t18-/m0/s1. The Morgan fingerprint density at radius 3 is 2.58 bits per heavy atom. The summed E-state index contributed by atoms with van der Waals surface area (Å²) in [5, 5.41) is 3.83. The third kappa shape index (κ3) is 4.49. The van der Waals surface area contributed by atoms with Gasteiger partial charge >= 0.3 is 0 Å². The van der Waals surface area contributed by atoms with Gasteiger partial charge in [0.05, 0.1) is 11.8 Å². The summed E-state index contributed by atoms with van der Waals surface area (Å²) in [4.78, 5) is 4.26. The van der Waals surface area contributed by atoms with Gasteiger partial charge in [-0.05, 0) is 54.7 Å². The second-order valence-corrected chi connectivity index (χ2v) is 6.97. The molecular formula is C21H25N3O2. The van der Waals surface area contributed by atoms with Gasteiger partial charge in [0.1, 0.15) is 12.4 Å². The molecule has 3 aromatic rings. The van der Waals surface area contributed by atoms with Gasteiger partial charge in [-0.3, -0.25) is 4.98 Å². The van der Waals surface area contributed by atoms with Crippen molar-refractivity contribution in [2.24, 2.45) is 11.7 Å². The maximum Gasteiger partial charge on any atom is 0.170 e. The molecule has 0 aliphatic carbocycles. The zero-order valence-electron chi connectivity index (χ0n) is 15.5. The summed E-state index contributed by atoms with van der Waals surface area (Å²) >= 11 is 0. The first kappa shape index (κ1) is 18.1. The van der Waals surface area contributed by atoms with Crippen LogP contribution in [0.3, 0.4) is 0 Å². The molecule has 0 radical (unpaired) electrons. The predicted molar refractivity (Wildman–Crippen MR) is 103 cm³/mol. The monoisotopic (exact) mass is 351 g/mol. The maximum absolute atomic E-state index is 6.16. The molecule has 0 fully saturated rings. The molecule has 3 rings (SSSR count). The van der Waals surface area contributed by atoms with Crippen molar-refractivity contribution in [2.45, 2.75) is 33.2 Å². The molecule has 2 heterocycles. The van der Waals surface area contributed by atoms with Gasteiger partial charge in [0.25, 0.3) is 0 Å². The number of ether oxygens (including phenoxy) is 1. The van der Waals surface area contributed by atoms with Crippen LogP contribution in [0.1, 0.15) is 26.0 Å². The highest BCUT2D eigenvalue weighted by atomic mass is 16.5. The highest BCUT2D eigenvalue weighted by molar-refractivity contribution is 5.75. The third-order valence-corrected chi connectivity index (χ3v) is 4.14. The van der Waals surface area contributed by atoms with E-state index in [0.29, 0.717) is 18.3 Å². The molecule has 0 unspecified atom stereocenters. The molecule has 5 heteroatoms. The van der Waals surface area contributed by atoms with Gasteiger partial charge in [0.2, 0.25) is 0 Å². The second kappa shape index (κ2) is 8.15. The largest absolute Gasteiger partial charge is 0.491 e. The quantitative estimate of drug-likeness (QED) is 0.680. The molecule has 0 amide bonds. The lowest BCUT2D eigenvalue weighted by Gasteiger charge is -2.17. The van der Waals surface area contributed by atoms with E-state index in [1.54, 1.807) is 6.20 Å². The van der Waals surface area contributed by atoms with Crippen LogP contribution in [0.5, 0.6) is 5.75 Å². The van der Waals surface area contributed by atoms with Crippen molar-refractivity contribution in [3.8, 4) is 28.2 Å². The van der Waals surface area contributed by atoms with E-state index >= 15 is 0 Å². The van der Waals surface area contributed by atoms with Gasteiger partial charge in [-0.1, -0.05) is 25.1 Å². The molecule has 0 aliphatic rings. The molecule has 0 aliphatic heterocycles. The molecule has 2 aromatic heterocycles. The van der Waals surface area contributed by atoms with E-state index in [9.17, 15) is 0 Å². The first-order valence-corrected chi connectivity index (χ1v) is 8.89. The van der Waals surface area contributed by atoms with Gasteiger partial charge in [-0.2, -0.15) is 0 Å². The van der Waals surface area contributed by atoms with Crippen molar-refractivity contribution in [2.75, 3.05) is 6.61 Å². The van der Waals surface area contributed by atoms with E-state index < -0.39 is 0 Å². The Bertz CT molecular complexity index is 844. The summed E-state index contributed by atoms with van der Waals surface area (Å²) in [6.07, 6.45) is 4.37. The fourth-order valence-electron chi connectivity index (χ4n) is 2.98. The summed E-state index contributed by atoms with van der Waals surface area (Å²) in [6, 6.07) is 11.9. The van der Waals surface area contributed by atoms with Gasteiger partial charge in [-0.15, -0.1) is 0 Å². The summed E-state index contributed by atoms with van der Waals surface area (Å²) in [6.45, 7) is 6.76. The van der Waals surface area contributed by atoms with Crippen LogP contribution < -0.4 is 10.5 Å². The SMILES string of the molecule is Cc1cc(-c2ccc(OC[C@@H](N)CC(C)C)c(-c3ccno3)c2)ccn1. The van der Waals surface area contributed by atoms with Crippen molar-refractivity contribution in [3.05, 3.63) is 54.5 Å². The summed E-state index contributed by atoms with van der Waals surface area (Å²) < 4.78 is 11.4. The van der Waals surface area contributed by atoms with Crippen LogP contribution in [0.15, 0.2) is 53.3 Å². The zero-order valence-corrected chi connectivity index (χ0v) is 15.5. The van der Waals surface area contributed by atoms with Crippen molar-refractivity contribution >= 4 is 0 Å². The van der Waals surface area contributed by atoms with E-state index in [4.69, 9.17) is 15.0 Å². The van der Waals surface area contributed by atoms with Crippen LogP contribution in [0.4, 0.5) is 0 Å². The lowest BCUT2D eigenvalue weighted by atomic mass is 10.0. The number of hydrogen-bond donors (Lipinski definition) is 1. The number of benzene rings is 1. The van der Waals surface area contributed by atoms with E-state index in [0.717, 1.165) is 34.6 Å². The lowest BCUT2D eigenvalue weighted by molar-refractivity contribution is 0.271. The van der Waals surface area contributed by atoms with E-state index in [2.05, 4.69) is 36.1 Å². The van der Waals surface area contributed by atoms with Crippen LogP contribution in [0, 0.1) is 12.8 Å². The first-order valence-electron chi connectivity index (χ1n) is 8.89. The van der Waals surface area contributed by atoms with Gasteiger partial charge < -0.3 is 15.0 Å². The Kier molecular flexibility index (Phi) is 5.68. The van der Waals surface area contributed by atoms with Crippen LogP contribution in [0.25, 0.3) is 22.5 Å². The molecular weight excluding hydrogens is 326 g/mol. The number of aryl methyl sites for hydroxylation is 1. The molecule has 26 heavy (non-hydrogen) atoms. The molecule has 0 spiro atoms. The number of nitrogens with zero attached hydrogens (tertiary/aromatic N) is 2. The lowest BCUT2D eigenvalue weighted by Crippen LogP contribution is -2.29. The number of hydrogen-bond acceptors (Lipinski definition) is 5. The molecule has 1 aromatic carbocycles. The highest BCUT2D eigenvalue weighted by Crippen LogP contribution is 2.34. The molecule has 0 saturated heterocycles. The molecule has 5 nitrogen and oxygen atoms in total. The predicted octanol–water partition coefficient (Wildman–Crippen LogP) is 4.46. The number of nitrogens with two attached hydrogens (primary N) is 1. The molecule has 1 atom stereocenters. The summed E-state index contributed by atoms with van der Waals surface area (Å²) in [5.74, 6) is 1.96. The van der Waals surface area contributed by atoms with Crippen molar-refractivity contribution in [1.82, 2.24) is 10.1 Å². The van der Waals surface area contributed by atoms with E-state index in [-0.39, 0.29) is 6.04 Å². The van der Waals surface area contributed by atoms with Crippen molar-refractivity contribution in [3.63, 3.8) is 0 Å². The normalized spacial score (nSPS) is 12.3. The summed E-state index contributed by atoms with van der Waals surface area (Å²) in [7, 11) is 0. The molecule has 2 N–H and O–H groups in total. The number of rotatable bonds is 7. The number of aromatic nitrogens is 2.